The summed E-state index contributed by atoms with van der Waals surface area (Å²) in [6.45, 7) is 3.46. The molecule has 0 bridgehead atoms. The minimum Gasteiger partial charge on any atom is -0.507 e. The highest BCUT2D eigenvalue weighted by Gasteiger charge is 2.15. The molecule has 0 saturated carbocycles. The standard InChI is InChI=1S/C19H18N2O4/c1-3-25-19(24)17-10-14-13(5-4-6-16(14)21-17)15-9-12(20-11(2)22)7-8-18(15)23/h4-10,21,23H,3H2,1-2H3,(H,20,22). The number of nitrogens with one attached hydrogen (secondary N) is 2. The normalized spacial score (nSPS) is 10.6. The number of aromatic nitrogens is 1. The molecular formula is C19H18N2O4. The molecule has 0 unspecified atom stereocenters. The Bertz CT molecular complexity index is 959. The molecule has 0 radical (unpaired) electrons. The summed E-state index contributed by atoms with van der Waals surface area (Å²) < 4.78 is 5.02. The zero-order chi connectivity index (χ0) is 18.0. The Morgan fingerprint density at radius 3 is 2.68 bits per heavy atom. The van der Waals surface area contributed by atoms with Crippen molar-refractivity contribution in [2.45, 2.75) is 13.8 Å². The Kier molecular flexibility index (Phi) is 4.43. The van der Waals surface area contributed by atoms with Gasteiger partial charge in [-0.1, -0.05) is 12.1 Å². The summed E-state index contributed by atoms with van der Waals surface area (Å²) in [5, 5.41) is 13.7. The van der Waals surface area contributed by atoms with E-state index >= 15 is 0 Å². The molecule has 0 fully saturated rings. The molecule has 2 aromatic carbocycles. The summed E-state index contributed by atoms with van der Waals surface area (Å²) in [6.07, 6.45) is 0. The second-order valence-corrected chi connectivity index (χ2v) is 5.58. The minimum absolute atomic E-state index is 0.0838. The van der Waals surface area contributed by atoms with Crippen molar-refractivity contribution in [1.29, 1.82) is 0 Å². The van der Waals surface area contributed by atoms with Crippen LogP contribution in [0.3, 0.4) is 0 Å². The largest absolute Gasteiger partial charge is 0.507 e. The molecule has 0 aliphatic rings. The summed E-state index contributed by atoms with van der Waals surface area (Å²) in [5.41, 5.74) is 2.99. The van der Waals surface area contributed by atoms with Gasteiger partial charge in [0.25, 0.3) is 0 Å². The van der Waals surface area contributed by atoms with Gasteiger partial charge in [0.05, 0.1) is 6.61 Å². The third-order valence-corrected chi connectivity index (χ3v) is 3.77. The fourth-order valence-electron chi connectivity index (χ4n) is 2.74. The van der Waals surface area contributed by atoms with Gasteiger partial charge in [-0.2, -0.15) is 0 Å². The van der Waals surface area contributed by atoms with E-state index in [2.05, 4.69) is 10.3 Å². The number of fused-ring (bicyclic) bond motifs is 1. The number of phenols is 1. The molecule has 0 aliphatic carbocycles. The lowest BCUT2D eigenvalue weighted by Gasteiger charge is -2.09. The molecule has 0 aliphatic heterocycles. The molecule has 1 heterocycles. The number of ether oxygens (including phenoxy) is 1. The molecular weight excluding hydrogens is 320 g/mol. The van der Waals surface area contributed by atoms with E-state index in [-0.39, 0.29) is 11.7 Å². The number of aromatic hydroxyl groups is 1. The van der Waals surface area contributed by atoms with Crippen LogP contribution >= 0.6 is 0 Å². The van der Waals surface area contributed by atoms with E-state index in [0.717, 1.165) is 16.5 Å². The number of H-pyrrole nitrogens is 1. The van der Waals surface area contributed by atoms with Gasteiger partial charge < -0.3 is 20.1 Å². The van der Waals surface area contributed by atoms with Crippen LogP contribution in [0.25, 0.3) is 22.0 Å². The van der Waals surface area contributed by atoms with Gasteiger partial charge in [-0.05, 0) is 42.8 Å². The number of anilines is 1. The first kappa shape index (κ1) is 16.6. The van der Waals surface area contributed by atoms with Crippen LogP contribution in [0.5, 0.6) is 5.75 Å². The average Bonchev–Trinajstić information content (AvgIpc) is 3.01. The number of hydrogen-bond donors (Lipinski definition) is 3. The van der Waals surface area contributed by atoms with E-state index in [9.17, 15) is 14.7 Å². The number of amides is 1. The van der Waals surface area contributed by atoms with Crippen LogP contribution in [-0.4, -0.2) is 28.6 Å². The number of aromatic amines is 1. The van der Waals surface area contributed by atoms with Gasteiger partial charge in [-0.3, -0.25) is 4.79 Å². The first-order valence-electron chi connectivity index (χ1n) is 7.89. The zero-order valence-electron chi connectivity index (χ0n) is 13.9. The lowest BCUT2D eigenvalue weighted by Crippen LogP contribution is -2.05. The summed E-state index contributed by atoms with van der Waals surface area (Å²) in [4.78, 5) is 26.3. The van der Waals surface area contributed by atoms with Crippen LogP contribution in [-0.2, 0) is 9.53 Å². The highest BCUT2D eigenvalue weighted by molar-refractivity contribution is 6.02. The van der Waals surface area contributed by atoms with E-state index < -0.39 is 5.97 Å². The molecule has 6 nitrogen and oxygen atoms in total. The predicted octanol–water partition coefficient (Wildman–Crippen LogP) is 3.68. The molecule has 0 saturated heterocycles. The van der Waals surface area contributed by atoms with Gasteiger partial charge in [0, 0.05) is 29.1 Å². The van der Waals surface area contributed by atoms with Gasteiger partial charge in [0.2, 0.25) is 5.91 Å². The predicted molar refractivity (Wildman–Crippen MR) is 95.7 cm³/mol. The Labute approximate surface area is 144 Å². The van der Waals surface area contributed by atoms with Gasteiger partial charge >= 0.3 is 5.97 Å². The topological polar surface area (TPSA) is 91.4 Å². The molecule has 1 aromatic heterocycles. The van der Waals surface area contributed by atoms with E-state index in [1.54, 1.807) is 25.1 Å². The molecule has 25 heavy (non-hydrogen) atoms. The van der Waals surface area contributed by atoms with E-state index in [4.69, 9.17) is 4.74 Å². The summed E-state index contributed by atoms with van der Waals surface area (Å²) in [5.74, 6) is -0.539. The smallest absolute Gasteiger partial charge is 0.354 e. The second kappa shape index (κ2) is 6.68. The highest BCUT2D eigenvalue weighted by Crippen LogP contribution is 2.36. The maximum atomic E-state index is 12.0. The van der Waals surface area contributed by atoms with E-state index in [1.807, 2.05) is 18.2 Å². The van der Waals surface area contributed by atoms with Crippen molar-refractivity contribution in [2.24, 2.45) is 0 Å². The van der Waals surface area contributed by atoms with Crippen LogP contribution in [0.2, 0.25) is 0 Å². The van der Waals surface area contributed by atoms with Crippen molar-refractivity contribution in [3.63, 3.8) is 0 Å². The number of benzene rings is 2. The average molecular weight is 338 g/mol. The van der Waals surface area contributed by atoms with Crippen molar-refractivity contribution >= 4 is 28.5 Å². The zero-order valence-corrected chi connectivity index (χ0v) is 13.9. The second-order valence-electron chi connectivity index (χ2n) is 5.58. The van der Waals surface area contributed by atoms with E-state index in [1.165, 1.54) is 13.0 Å². The lowest BCUT2D eigenvalue weighted by atomic mass is 10.00. The maximum absolute atomic E-state index is 12.0. The molecule has 3 rings (SSSR count). The highest BCUT2D eigenvalue weighted by atomic mass is 16.5. The summed E-state index contributed by atoms with van der Waals surface area (Å²) >= 11 is 0. The third kappa shape index (κ3) is 3.33. The fourth-order valence-corrected chi connectivity index (χ4v) is 2.74. The van der Waals surface area contributed by atoms with Gasteiger partial charge in [-0.25, -0.2) is 4.79 Å². The van der Waals surface area contributed by atoms with Crippen molar-refractivity contribution in [1.82, 2.24) is 4.98 Å². The van der Waals surface area contributed by atoms with Crippen molar-refractivity contribution in [3.8, 4) is 16.9 Å². The number of rotatable bonds is 4. The molecule has 3 aromatic rings. The van der Waals surface area contributed by atoms with Crippen LogP contribution < -0.4 is 5.32 Å². The van der Waals surface area contributed by atoms with Crippen LogP contribution in [0.4, 0.5) is 5.69 Å². The maximum Gasteiger partial charge on any atom is 0.354 e. The number of carbonyl (C=O) groups is 2. The van der Waals surface area contributed by atoms with Gasteiger partial charge in [0.1, 0.15) is 11.4 Å². The van der Waals surface area contributed by atoms with Crippen LogP contribution in [0.15, 0.2) is 42.5 Å². The Balaban J connectivity index is 2.12. The first-order chi connectivity index (χ1) is 12.0. The number of carbonyl (C=O) groups excluding carboxylic acids is 2. The van der Waals surface area contributed by atoms with Crippen molar-refractivity contribution in [2.75, 3.05) is 11.9 Å². The quantitative estimate of drug-likeness (QED) is 0.500. The van der Waals surface area contributed by atoms with Gasteiger partial charge in [0.15, 0.2) is 0 Å². The third-order valence-electron chi connectivity index (χ3n) is 3.77. The molecule has 6 heteroatoms. The van der Waals surface area contributed by atoms with E-state index in [0.29, 0.717) is 23.6 Å². The van der Waals surface area contributed by atoms with Crippen molar-refractivity contribution < 1.29 is 19.4 Å². The first-order valence-corrected chi connectivity index (χ1v) is 7.89. The Hall–Kier alpha value is -3.28. The van der Waals surface area contributed by atoms with Crippen LogP contribution in [0, 0.1) is 0 Å². The molecule has 1 amide bonds. The van der Waals surface area contributed by atoms with Crippen LogP contribution in [0.1, 0.15) is 24.3 Å². The van der Waals surface area contributed by atoms with Crippen molar-refractivity contribution in [3.05, 3.63) is 48.2 Å². The molecule has 0 spiro atoms. The molecule has 0 atom stereocenters. The summed E-state index contributed by atoms with van der Waals surface area (Å²) in [7, 11) is 0. The molecule has 3 N–H and O–H groups in total. The molecule has 128 valence electrons. The monoisotopic (exact) mass is 338 g/mol. The van der Waals surface area contributed by atoms with Gasteiger partial charge in [-0.15, -0.1) is 0 Å². The Morgan fingerprint density at radius 2 is 1.96 bits per heavy atom. The minimum atomic E-state index is -0.430. The number of phenolic OH excluding ortho intramolecular Hbond substituents is 1. The lowest BCUT2D eigenvalue weighted by molar-refractivity contribution is -0.114. The fraction of sp³-hybridized carbons (Fsp3) is 0.158. The number of hydrogen-bond acceptors (Lipinski definition) is 4. The summed E-state index contributed by atoms with van der Waals surface area (Å²) in [6, 6.07) is 12.1. The number of esters is 1. The Morgan fingerprint density at radius 1 is 1.16 bits per heavy atom. The SMILES string of the molecule is CCOC(=O)c1cc2c(-c3cc(NC(C)=O)ccc3O)cccc2[nH]1.